The number of rotatable bonds is 7. The molecule has 0 unspecified atom stereocenters. The molecular weight excluding hydrogens is 468 g/mol. The van der Waals surface area contributed by atoms with Crippen LogP contribution in [0.15, 0.2) is 53.4 Å². The van der Waals surface area contributed by atoms with Gasteiger partial charge in [0.1, 0.15) is 22.9 Å². The average molecular weight is 503 g/mol. The second-order valence-electron chi connectivity index (χ2n) is 10.2. The summed E-state index contributed by atoms with van der Waals surface area (Å²) in [5.41, 5.74) is -0.494. The van der Waals surface area contributed by atoms with Crippen molar-refractivity contribution < 1.29 is 27.9 Å². The Morgan fingerprint density at radius 3 is 2.29 bits per heavy atom. The maximum absolute atomic E-state index is 13.6. The number of carbonyl (C=O) groups excluding carboxylic acids is 2. The fraction of sp³-hybridized carbons (Fsp3) is 0.462. The normalized spacial score (nSPS) is 19.8. The molecule has 3 rings (SSSR count). The third kappa shape index (κ3) is 6.21. The highest BCUT2D eigenvalue weighted by molar-refractivity contribution is 7.89. The van der Waals surface area contributed by atoms with E-state index in [2.05, 4.69) is 5.32 Å². The van der Waals surface area contributed by atoms with Crippen LogP contribution >= 0.6 is 0 Å². The Labute approximate surface area is 207 Å². The molecule has 0 aliphatic carbocycles. The molecule has 1 heterocycles. The van der Waals surface area contributed by atoms with Gasteiger partial charge in [-0.3, -0.25) is 4.79 Å². The summed E-state index contributed by atoms with van der Waals surface area (Å²) in [5.74, 6) is -1.09. The van der Waals surface area contributed by atoms with Crippen molar-refractivity contribution in [2.75, 3.05) is 6.54 Å². The molecular formula is C26H34N2O6S. The van der Waals surface area contributed by atoms with Crippen molar-refractivity contribution in [3.63, 3.8) is 0 Å². The van der Waals surface area contributed by atoms with E-state index >= 15 is 0 Å². The Morgan fingerprint density at radius 2 is 1.71 bits per heavy atom. The summed E-state index contributed by atoms with van der Waals surface area (Å²) >= 11 is 0. The zero-order chi connectivity index (χ0) is 26.0. The minimum Gasteiger partial charge on any atom is -0.508 e. The van der Waals surface area contributed by atoms with Crippen LogP contribution in [0.2, 0.25) is 0 Å². The average Bonchev–Trinajstić information content (AvgIpc) is 3.17. The fourth-order valence-corrected chi connectivity index (χ4v) is 5.94. The number of sulfonamides is 1. The highest BCUT2D eigenvalue weighted by atomic mass is 32.2. The van der Waals surface area contributed by atoms with Crippen molar-refractivity contribution in [1.29, 1.82) is 0 Å². The van der Waals surface area contributed by atoms with E-state index in [1.165, 1.54) is 28.6 Å². The van der Waals surface area contributed by atoms with Crippen molar-refractivity contribution in [3.05, 3.63) is 59.7 Å². The summed E-state index contributed by atoms with van der Waals surface area (Å²) in [6.45, 7) is 8.87. The van der Waals surface area contributed by atoms with Crippen molar-refractivity contribution in [2.45, 2.75) is 76.0 Å². The number of ether oxygens (including phenoxy) is 1. The lowest BCUT2D eigenvalue weighted by Gasteiger charge is -2.34. The largest absolute Gasteiger partial charge is 0.508 e. The number of esters is 1. The number of hydrogen-bond acceptors (Lipinski definition) is 6. The molecule has 1 aliphatic rings. The molecule has 8 nitrogen and oxygen atoms in total. The molecule has 2 atom stereocenters. The van der Waals surface area contributed by atoms with Gasteiger partial charge in [-0.2, -0.15) is 4.31 Å². The van der Waals surface area contributed by atoms with Crippen LogP contribution in [0.1, 0.15) is 51.7 Å². The molecule has 0 saturated carbocycles. The molecule has 1 aliphatic heterocycles. The van der Waals surface area contributed by atoms with Gasteiger partial charge in [0.2, 0.25) is 15.9 Å². The topological polar surface area (TPSA) is 113 Å². The molecule has 35 heavy (non-hydrogen) atoms. The molecule has 0 spiro atoms. The van der Waals surface area contributed by atoms with Gasteiger partial charge in [0.25, 0.3) is 0 Å². The third-order valence-corrected chi connectivity index (χ3v) is 8.08. The quantitative estimate of drug-likeness (QED) is 0.562. The van der Waals surface area contributed by atoms with E-state index in [9.17, 15) is 23.1 Å². The second kappa shape index (κ2) is 9.99. The number of phenols is 1. The minimum absolute atomic E-state index is 0.0852. The van der Waals surface area contributed by atoms with E-state index in [0.717, 1.165) is 5.56 Å². The maximum Gasteiger partial charge on any atom is 0.329 e. The first-order valence-electron chi connectivity index (χ1n) is 11.6. The number of nitrogens with one attached hydrogen (secondary N) is 1. The molecule has 2 aromatic rings. The number of nitrogens with zero attached hydrogens (tertiary/aromatic N) is 1. The molecule has 1 saturated heterocycles. The Morgan fingerprint density at radius 1 is 1.11 bits per heavy atom. The number of carbonyl (C=O) groups is 2. The summed E-state index contributed by atoms with van der Waals surface area (Å²) in [4.78, 5) is 26.7. The van der Waals surface area contributed by atoms with Crippen LogP contribution in [0.3, 0.4) is 0 Å². The fourth-order valence-electron chi connectivity index (χ4n) is 4.14. The Kier molecular flexibility index (Phi) is 7.62. The van der Waals surface area contributed by atoms with Crippen LogP contribution in [0.4, 0.5) is 0 Å². The summed E-state index contributed by atoms with van der Waals surface area (Å²) in [7, 11) is -3.93. The predicted molar refractivity (Wildman–Crippen MR) is 132 cm³/mol. The zero-order valence-electron chi connectivity index (χ0n) is 20.9. The van der Waals surface area contributed by atoms with Gasteiger partial charge in [-0.25, -0.2) is 13.2 Å². The molecule has 9 heteroatoms. The van der Waals surface area contributed by atoms with Crippen molar-refractivity contribution in [3.8, 4) is 5.75 Å². The first kappa shape index (κ1) is 26.7. The molecule has 1 fully saturated rings. The van der Waals surface area contributed by atoms with Crippen LogP contribution in [0.5, 0.6) is 5.75 Å². The van der Waals surface area contributed by atoms with Crippen molar-refractivity contribution in [2.24, 2.45) is 0 Å². The number of hydrogen-bond donors (Lipinski definition) is 2. The summed E-state index contributed by atoms with van der Waals surface area (Å²) < 4.78 is 33.6. The Bertz CT molecular complexity index is 1170. The van der Waals surface area contributed by atoms with E-state index in [1.54, 1.807) is 52.0 Å². The Balaban J connectivity index is 1.88. The van der Waals surface area contributed by atoms with Crippen LogP contribution < -0.4 is 5.32 Å². The van der Waals surface area contributed by atoms with Gasteiger partial charge in [-0.05, 0) is 77.3 Å². The second-order valence-corrected chi connectivity index (χ2v) is 12.1. The monoisotopic (exact) mass is 502 g/mol. The number of benzene rings is 2. The number of amides is 1. The van der Waals surface area contributed by atoms with Gasteiger partial charge in [-0.15, -0.1) is 0 Å². The smallest absolute Gasteiger partial charge is 0.329 e. The molecule has 0 aromatic heterocycles. The minimum atomic E-state index is -3.93. The van der Waals surface area contributed by atoms with Gasteiger partial charge in [-0.1, -0.05) is 29.8 Å². The van der Waals surface area contributed by atoms with Crippen LogP contribution in [-0.2, 0) is 30.8 Å². The zero-order valence-corrected chi connectivity index (χ0v) is 21.7. The third-order valence-electron chi connectivity index (χ3n) is 6.05. The van der Waals surface area contributed by atoms with Crippen molar-refractivity contribution >= 4 is 21.9 Å². The number of aryl methyl sites for hydroxylation is 1. The summed E-state index contributed by atoms with van der Waals surface area (Å²) in [6.07, 6.45) is 0.968. The first-order chi connectivity index (χ1) is 16.2. The maximum atomic E-state index is 13.6. The van der Waals surface area contributed by atoms with E-state index in [4.69, 9.17) is 4.74 Å². The molecule has 0 bridgehead atoms. The number of aromatic hydroxyl groups is 1. The first-order valence-corrected chi connectivity index (χ1v) is 13.1. The highest BCUT2D eigenvalue weighted by Gasteiger charge is 2.50. The summed E-state index contributed by atoms with van der Waals surface area (Å²) in [5, 5.41) is 12.3. The van der Waals surface area contributed by atoms with Gasteiger partial charge >= 0.3 is 5.97 Å². The van der Waals surface area contributed by atoms with Crippen LogP contribution in [0.25, 0.3) is 0 Å². The van der Waals surface area contributed by atoms with E-state index in [-0.39, 0.29) is 23.6 Å². The highest BCUT2D eigenvalue weighted by Crippen LogP contribution is 2.35. The molecule has 0 radical (unpaired) electrons. The summed E-state index contributed by atoms with van der Waals surface area (Å²) in [6, 6.07) is 11.8. The predicted octanol–water partition coefficient (Wildman–Crippen LogP) is 3.31. The van der Waals surface area contributed by atoms with Crippen molar-refractivity contribution in [1.82, 2.24) is 9.62 Å². The Hall–Kier alpha value is -2.91. The van der Waals surface area contributed by atoms with E-state index < -0.39 is 39.1 Å². The van der Waals surface area contributed by atoms with E-state index in [0.29, 0.717) is 18.4 Å². The molecule has 2 aromatic carbocycles. The van der Waals surface area contributed by atoms with Gasteiger partial charge in [0.15, 0.2) is 0 Å². The lowest BCUT2D eigenvalue weighted by atomic mass is 9.97. The van der Waals surface area contributed by atoms with Crippen LogP contribution in [0, 0.1) is 6.92 Å². The standard InChI is InChI=1S/C26H34N2O6S/c1-18-7-13-21(14-8-18)35(32,33)28-16-6-15-26(28,5)24(31)27-22(23(30)34-25(2,3)4)17-19-9-11-20(29)12-10-19/h7-14,22,29H,6,15-17H2,1-5H3,(H,27,31)/t22-,26-/m0/s1. The lowest BCUT2D eigenvalue weighted by Crippen LogP contribution is -2.59. The van der Waals surface area contributed by atoms with Gasteiger partial charge in [0.05, 0.1) is 4.90 Å². The van der Waals surface area contributed by atoms with Gasteiger partial charge < -0.3 is 15.2 Å². The lowest BCUT2D eigenvalue weighted by molar-refractivity contribution is -0.159. The number of phenolic OH excluding ortho intramolecular Hbond substituents is 1. The van der Waals surface area contributed by atoms with Crippen LogP contribution in [-0.4, -0.2) is 53.4 Å². The SMILES string of the molecule is Cc1ccc(S(=O)(=O)N2CCC[C@@]2(C)C(=O)N[C@@H](Cc2ccc(O)cc2)C(=O)OC(C)(C)C)cc1. The van der Waals surface area contributed by atoms with Gasteiger partial charge in [0, 0.05) is 13.0 Å². The molecule has 190 valence electrons. The molecule has 1 amide bonds. The molecule has 2 N–H and O–H groups in total. The van der Waals surface area contributed by atoms with E-state index in [1.807, 2.05) is 6.92 Å².